The van der Waals surface area contributed by atoms with E-state index in [2.05, 4.69) is 19.2 Å². The highest BCUT2D eigenvalue weighted by molar-refractivity contribution is 5.10. The van der Waals surface area contributed by atoms with Crippen molar-refractivity contribution >= 4 is 0 Å². The highest BCUT2D eigenvalue weighted by Gasteiger charge is 2.56. The number of hydrogen-bond donors (Lipinski definition) is 1. The van der Waals surface area contributed by atoms with E-state index in [9.17, 15) is 0 Å². The van der Waals surface area contributed by atoms with Gasteiger partial charge in [-0.3, -0.25) is 0 Å². The van der Waals surface area contributed by atoms with Crippen LogP contribution in [0.15, 0.2) is 0 Å². The summed E-state index contributed by atoms with van der Waals surface area (Å²) in [6.45, 7) is 6.04. The van der Waals surface area contributed by atoms with Gasteiger partial charge in [0, 0.05) is 31.7 Å². The van der Waals surface area contributed by atoms with E-state index in [1.54, 1.807) is 7.11 Å². The van der Waals surface area contributed by atoms with E-state index >= 15 is 0 Å². The van der Waals surface area contributed by atoms with Crippen LogP contribution >= 0.6 is 0 Å². The third-order valence-corrected chi connectivity index (χ3v) is 4.74. The summed E-state index contributed by atoms with van der Waals surface area (Å²) in [7, 11) is 1.78. The van der Waals surface area contributed by atoms with Crippen molar-refractivity contribution in [2.75, 3.05) is 20.3 Å². The lowest BCUT2D eigenvalue weighted by atomic mass is 9.60. The summed E-state index contributed by atoms with van der Waals surface area (Å²) < 4.78 is 11.2. The van der Waals surface area contributed by atoms with E-state index < -0.39 is 0 Å². The van der Waals surface area contributed by atoms with Crippen molar-refractivity contribution in [1.82, 2.24) is 5.32 Å². The molecule has 0 heterocycles. The van der Waals surface area contributed by atoms with Crippen molar-refractivity contribution in [3.8, 4) is 0 Å². The van der Waals surface area contributed by atoms with Crippen molar-refractivity contribution in [2.45, 2.75) is 64.2 Å². The first kappa shape index (κ1) is 13.3. The summed E-state index contributed by atoms with van der Waals surface area (Å²) in [4.78, 5) is 0. The van der Waals surface area contributed by atoms with Crippen LogP contribution in [0.3, 0.4) is 0 Å². The van der Waals surface area contributed by atoms with Gasteiger partial charge >= 0.3 is 0 Å². The molecule has 0 aromatic heterocycles. The summed E-state index contributed by atoms with van der Waals surface area (Å²) in [5.74, 6) is 0. The van der Waals surface area contributed by atoms with Crippen LogP contribution in [0.2, 0.25) is 0 Å². The Bertz CT molecular complexity index is 238. The predicted octanol–water partition coefficient (Wildman–Crippen LogP) is 2.35. The number of methoxy groups -OCH3 is 1. The Morgan fingerprint density at radius 3 is 2.65 bits per heavy atom. The second-order valence-corrected chi connectivity index (χ2v) is 5.63. The molecule has 3 heteroatoms. The molecule has 0 bridgehead atoms. The minimum Gasteiger partial charge on any atom is -0.380 e. The zero-order valence-electron chi connectivity index (χ0n) is 11.5. The molecule has 0 aliphatic heterocycles. The Hall–Kier alpha value is -0.120. The normalized spacial score (nSPS) is 32.6. The molecule has 2 fully saturated rings. The van der Waals surface area contributed by atoms with Crippen LogP contribution in [0, 0.1) is 5.41 Å². The molecule has 1 spiro atoms. The van der Waals surface area contributed by atoms with Gasteiger partial charge in [0.25, 0.3) is 0 Å². The SMILES string of the molecule is CCOC1CC(NCC(C)OC)C12CCCC2. The standard InChI is InChI=1S/C14H27NO2/c1-4-17-13-9-12(15-10-11(2)16-3)14(13)7-5-6-8-14/h11-13,15H,4-10H2,1-3H3. The first-order valence-corrected chi connectivity index (χ1v) is 7.10. The summed E-state index contributed by atoms with van der Waals surface area (Å²) in [5, 5.41) is 3.69. The van der Waals surface area contributed by atoms with Gasteiger partial charge in [0.1, 0.15) is 0 Å². The van der Waals surface area contributed by atoms with Crippen molar-refractivity contribution in [3.05, 3.63) is 0 Å². The van der Waals surface area contributed by atoms with Crippen molar-refractivity contribution in [2.24, 2.45) is 5.41 Å². The second-order valence-electron chi connectivity index (χ2n) is 5.63. The molecule has 2 saturated carbocycles. The summed E-state index contributed by atoms with van der Waals surface area (Å²) in [5.41, 5.74) is 0.448. The first-order chi connectivity index (χ1) is 8.23. The van der Waals surface area contributed by atoms with Gasteiger partial charge < -0.3 is 14.8 Å². The molecule has 17 heavy (non-hydrogen) atoms. The van der Waals surface area contributed by atoms with Gasteiger partial charge in [0.2, 0.25) is 0 Å². The molecule has 0 aromatic rings. The molecule has 3 atom stereocenters. The van der Waals surface area contributed by atoms with Crippen LogP contribution in [0.1, 0.15) is 46.0 Å². The van der Waals surface area contributed by atoms with E-state index in [1.165, 1.54) is 32.1 Å². The Labute approximate surface area is 105 Å². The molecule has 1 N–H and O–H groups in total. The van der Waals surface area contributed by atoms with E-state index in [1.807, 2.05) is 0 Å². The monoisotopic (exact) mass is 241 g/mol. The van der Waals surface area contributed by atoms with Crippen molar-refractivity contribution < 1.29 is 9.47 Å². The fourth-order valence-corrected chi connectivity index (χ4v) is 3.56. The molecule has 0 aromatic carbocycles. The second kappa shape index (κ2) is 5.68. The maximum atomic E-state index is 5.91. The molecule has 0 amide bonds. The summed E-state index contributed by atoms with van der Waals surface area (Å²) in [6.07, 6.45) is 7.44. The van der Waals surface area contributed by atoms with Crippen LogP contribution in [-0.2, 0) is 9.47 Å². The molecule has 2 aliphatic rings. The Morgan fingerprint density at radius 1 is 1.35 bits per heavy atom. The van der Waals surface area contributed by atoms with Gasteiger partial charge in [-0.1, -0.05) is 12.8 Å². The zero-order chi connectivity index (χ0) is 12.3. The van der Waals surface area contributed by atoms with E-state index in [0.29, 0.717) is 23.7 Å². The Kier molecular flexibility index (Phi) is 4.45. The molecule has 0 radical (unpaired) electrons. The minimum atomic E-state index is 0.305. The molecule has 2 rings (SSSR count). The Morgan fingerprint density at radius 2 is 2.06 bits per heavy atom. The largest absolute Gasteiger partial charge is 0.380 e. The van der Waals surface area contributed by atoms with Crippen LogP contribution in [0.5, 0.6) is 0 Å². The fraction of sp³-hybridized carbons (Fsp3) is 1.00. The zero-order valence-corrected chi connectivity index (χ0v) is 11.5. The van der Waals surface area contributed by atoms with Gasteiger partial charge in [0.05, 0.1) is 12.2 Å². The molecular weight excluding hydrogens is 214 g/mol. The topological polar surface area (TPSA) is 30.5 Å². The molecule has 3 unspecified atom stereocenters. The lowest BCUT2D eigenvalue weighted by Gasteiger charge is -2.54. The van der Waals surface area contributed by atoms with Gasteiger partial charge in [0.15, 0.2) is 0 Å². The number of hydrogen-bond acceptors (Lipinski definition) is 3. The van der Waals surface area contributed by atoms with E-state index in [0.717, 1.165) is 13.2 Å². The van der Waals surface area contributed by atoms with E-state index in [4.69, 9.17) is 9.47 Å². The number of nitrogens with one attached hydrogen (secondary N) is 1. The average Bonchev–Trinajstić information content (AvgIpc) is 2.84. The van der Waals surface area contributed by atoms with Gasteiger partial charge in [-0.25, -0.2) is 0 Å². The molecule has 100 valence electrons. The summed E-state index contributed by atoms with van der Waals surface area (Å²) >= 11 is 0. The van der Waals surface area contributed by atoms with Gasteiger partial charge in [-0.15, -0.1) is 0 Å². The van der Waals surface area contributed by atoms with Crippen molar-refractivity contribution in [1.29, 1.82) is 0 Å². The molecule has 2 aliphatic carbocycles. The third kappa shape index (κ3) is 2.51. The lowest BCUT2D eigenvalue weighted by molar-refractivity contribution is -0.131. The van der Waals surface area contributed by atoms with Gasteiger partial charge in [-0.05, 0) is 33.1 Å². The highest BCUT2D eigenvalue weighted by atomic mass is 16.5. The highest BCUT2D eigenvalue weighted by Crippen LogP contribution is 2.54. The van der Waals surface area contributed by atoms with Crippen LogP contribution < -0.4 is 5.32 Å². The Balaban J connectivity index is 1.87. The first-order valence-electron chi connectivity index (χ1n) is 7.10. The minimum absolute atomic E-state index is 0.305. The quantitative estimate of drug-likeness (QED) is 0.774. The molecule has 3 nitrogen and oxygen atoms in total. The van der Waals surface area contributed by atoms with Gasteiger partial charge in [-0.2, -0.15) is 0 Å². The number of ether oxygens (including phenoxy) is 2. The maximum Gasteiger partial charge on any atom is 0.0667 e. The average molecular weight is 241 g/mol. The smallest absolute Gasteiger partial charge is 0.0667 e. The van der Waals surface area contributed by atoms with Crippen LogP contribution in [-0.4, -0.2) is 38.5 Å². The van der Waals surface area contributed by atoms with Crippen LogP contribution in [0.25, 0.3) is 0 Å². The fourth-order valence-electron chi connectivity index (χ4n) is 3.56. The number of rotatable bonds is 6. The predicted molar refractivity (Wildman–Crippen MR) is 69.2 cm³/mol. The van der Waals surface area contributed by atoms with Crippen molar-refractivity contribution in [3.63, 3.8) is 0 Å². The van der Waals surface area contributed by atoms with E-state index in [-0.39, 0.29) is 0 Å². The summed E-state index contributed by atoms with van der Waals surface area (Å²) in [6, 6.07) is 0.652. The molecular formula is C14H27NO2. The lowest BCUT2D eigenvalue weighted by Crippen LogP contribution is -2.63. The van der Waals surface area contributed by atoms with Crippen LogP contribution in [0.4, 0.5) is 0 Å². The maximum absolute atomic E-state index is 5.91. The third-order valence-electron chi connectivity index (χ3n) is 4.74. The molecule has 0 saturated heterocycles.